The third kappa shape index (κ3) is 2.02. The van der Waals surface area contributed by atoms with Crippen molar-refractivity contribution in [3.8, 4) is 5.75 Å². The molecule has 0 saturated heterocycles. The lowest BCUT2D eigenvalue weighted by Crippen LogP contribution is -2.01. The molecule has 1 rings (SSSR count). The highest BCUT2D eigenvalue weighted by molar-refractivity contribution is 5.71. The minimum Gasteiger partial charge on any atom is -0.492 e. The Bertz CT molecular complexity index is 267. The van der Waals surface area contributed by atoms with E-state index in [-0.39, 0.29) is 6.42 Å². The molecular formula is C8H11NO3. The summed E-state index contributed by atoms with van der Waals surface area (Å²) < 4.78 is 5.18. The fourth-order valence-electron chi connectivity index (χ4n) is 0.973. The third-order valence-electron chi connectivity index (χ3n) is 1.43. The number of carboxylic acids is 1. The molecule has 1 aromatic rings. The van der Waals surface area contributed by atoms with Crippen LogP contribution in [0.5, 0.6) is 5.75 Å². The molecule has 0 amide bonds. The molecule has 4 heteroatoms. The number of ether oxygens (including phenoxy) is 1. The molecule has 0 aliphatic rings. The summed E-state index contributed by atoms with van der Waals surface area (Å²) in [5.74, 6) is -0.226. The number of carboxylic acid groups (broad SMARTS) is 1. The third-order valence-corrected chi connectivity index (χ3v) is 1.43. The van der Waals surface area contributed by atoms with Crippen LogP contribution in [0, 0.1) is 0 Å². The van der Waals surface area contributed by atoms with E-state index < -0.39 is 5.97 Å². The van der Waals surface area contributed by atoms with Crippen molar-refractivity contribution in [3.63, 3.8) is 0 Å². The largest absolute Gasteiger partial charge is 0.492 e. The first-order chi connectivity index (χ1) is 5.74. The van der Waals surface area contributed by atoms with Gasteiger partial charge in [0, 0.05) is 18.0 Å². The van der Waals surface area contributed by atoms with Gasteiger partial charge in [-0.2, -0.15) is 0 Å². The van der Waals surface area contributed by atoms with Gasteiger partial charge in [-0.25, -0.2) is 0 Å². The first kappa shape index (κ1) is 8.64. The highest BCUT2D eigenvalue weighted by atomic mass is 16.5. The minimum absolute atomic E-state index is 0.00116. The van der Waals surface area contributed by atoms with Crippen LogP contribution in [-0.4, -0.2) is 22.7 Å². The maximum Gasteiger partial charge on any atom is 0.308 e. The van der Waals surface area contributed by atoms with Crippen molar-refractivity contribution in [2.75, 3.05) is 6.61 Å². The van der Waals surface area contributed by atoms with E-state index in [1.807, 2.05) is 6.92 Å². The van der Waals surface area contributed by atoms with E-state index >= 15 is 0 Å². The van der Waals surface area contributed by atoms with Crippen LogP contribution in [-0.2, 0) is 11.2 Å². The zero-order valence-corrected chi connectivity index (χ0v) is 6.83. The first-order valence-corrected chi connectivity index (χ1v) is 3.74. The zero-order chi connectivity index (χ0) is 8.97. The molecule has 0 fully saturated rings. The van der Waals surface area contributed by atoms with E-state index in [9.17, 15) is 4.79 Å². The van der Waals surface area contributed by atoms with Crippen molar-refractivity contribution in [2.24, 2.45) is 0 Å². The number of H-pyrrole nitrogens is 1. The molecule has 0 bridgehead atoms. The Morgan fingerprint density at radius 1 is 1.67 bits per heavy atom. The van der Waals surface area contributed by atoms with Crippen LogP contribution in [0.3, 0.4) is 0 Å². The molecule has 0 radical (unpaired) electrons. The highest BCUT2D eigenvalue weighted by Gasteiger charge is 2.07. The molecule has 1 heterocycles. The Kier molecular flexibility index (Phi) is 2.74. The summed E-state index contributed by atoms with van der Waals surface area (Å²) >= 11 is 0. The number of nitrogens with one attached hydrogen (secondary N) is 1. The van der Waals surface area contributed by atoms with Gasteiger partial charge in [0.05, 0.1) is 13.0 Å². The minimum atomic E-state index is -0.851. The van der Waals surface area contributed by atoms with E-state index in [1.54, 1.807) is 12.4 Å². The molecule has 12 heavy (non-hydrogen) atoms. The second-order valence-electron chi connectivity index (χ2n) is 2.35. The number of aromatic nitrogens is 1. The average molecular weight is 169 g/mol. The van der Waals surface area contributed by atoms with Crippen LogP contribution in [0.2, 0.25) is 0 Å². The molecule has 0 aliphatic carbocycles. The van der Waals surface area contributed by atoms with E-state index in [1.165, 1.54) is 0 Å². The molecule has 66 valence electrons. The van der Waals surface area contributed by atoms with Crippen LogP contribution < -0.4 is 4.74 Å². The van der Waals surface area contributed by atoms with E-state index in [0.29, 0.717) is 17.9 Å². The summed E-state index contributed by atoms with van der Waals surface area (Å²) in [6, 6.07) is 0. The van der Waals surface area contributed by atoms with Crippen molar-refractivity contribution in [1.29, 1.82) is 0 Å². The van der Waals surface area contributed by atoms with Gasteiger partial charge in [0.15, 0.2) is 0 Å². The Balaban J connectivity index is 2.69. The summed E-state index contributed by atoms with van der Waals surface area (Å²) in [6.45, 7) is 2.40. The van der Waals surface area contributed by atoms with Gasteiger partial charge < -0.3 is 14.8 Å². The van der Waals surface area contributed by atoms with E-state index in [2.05, 4.69) is 4.98 Å². The topological polar surface area (TPSA) is 62.3 Å². The van der Waals surface area contributed by atoms with Gasteiger partial charge in [-0.1, -0.05) is 0 Å². The molecule has 1 aromatic heterocycles. The normalized spacial score (nSPS) is 9.75. The summed E-state index contributed by atoms with van der Waals surface area (Å²) in [7, 11) is 0. The standard InChI is InChI=1S/C8H11NO3/c1-2-12-7-5-9-4-6(7)3-8(10)11/h4-5,9H,2-3H2,1H3,(H,10,11). The van der Waals surface area contributed by atoms with Gasteiger partial charge in [0.25, 0.3) is 0 Å². The van der Waals surface area contributed by atoms with Crippen LogP contribution >= 0.6 is 0 Å². The summed E-state index contributed by atoms with van der Waals surface area (Å²) in [4.78, 5) is 13.2. The zero-order valence-electron chi connectivity index (χ0n) is 6.83. The second kappa shape index (κ2) is 3.80. The molecule has 0 unspecified atom stereocenters. The Morgan fingerprint density at radius 3 is 3.00 bits per heavy atom. The molecule has 0 saturated carbocycles. The molecule has 0 aromatic carbocycles. The molecule has 2 N–H and O–H groups in total. The number of rotatable bonds is 4. The number of hydrogen-bond donors (Lipinski definition) is 2. The number of hydrogen-bond acceptors (Lipinski definition) is 2. The number of carbonyl (C=O) groups is 1. The lowest BCUT2D eigenvalue weighted by atomic mass is 10.2. The van der Waals surface area contributed by atoms with Gasteiger partial charge in [0.1, 0.15) is 5.75 Å². The molecule has 0 spiro atoms. The predicted molar refractivity (Wildman–Crippen MR) is 43.3 cm³/mol. The maximum atomic E-state index is 10.4. The van der Waals surface area contributed by atoms with E-state index in [4.69, 9.17) is 9.84 Å². The van der Waals surface area contributed by atoms with Crippen molar-refractivity contribution < 1.29 is 14.6 Å². The van der Waals surface area contributed by atoms with Gasteiger partial charge in [-0.15, -0.1) is 0 Å². The quantitative estimate of drug-likeness (QED) is 0.707. The van der Waals surface area contributed by atoms with E-state index in [0.717, 1.165) is 0 Å². The van der Waals surface area contributed by atoms with Gasteiger partial charge in [-0.05, 0) is 6.92 Å². The van der Waals surface area contributed by atoms with Crippen LogP contribution in [0.15, 0.2) is 12.4 Å². The summed E-state index contributed by atoms with van der Waals surface area (Å²) in [6.07, 6.45) is 3.29. The predicted octanol–water partition coefficient (Wildman–Crippen LogP) is 1.04. The second-order valence-corrected chi connectivity index (χ2v) is 2.35. The molecular weight excluding hydrogens is 158 g/mol. The Labute approximate surface area is 70.2 Å². The number of aromatic amines is 1. The lowest BCUT2D eigenvalue weighted by molar-refractivity contribution is -0.136. The van der Waals surface area contributed by atoms with Gasteiger partial charge >= 0.3 is 5.97 Å². The van der Waals surface area contributed by atoms with Crippen LogP contribution in [0.4, 0.5) is 0 Å². The average Bonchev–Trinajstić information content (AvgIpc) is 2.37. The highest BCUT2D eigenvalue weighted by Crippen LogP contribution is 2.17. The Morgan fingerprint density at radius 2 is 2.42 bits per heavy atom. The fraction of sp³-hybridized carbons (Fsp3) is 0.375. The summed E-state index contributed by atoms with van der Waals surface area (Å²) in [5.41, 5.74) is 0.685. The summed E-state index contributed by atoms with van der Waals surface area (Å²) in [5, 5.41) is 8.51. The van der Waals surface area contributed by atoms with Crippen LogP contribution in [0.25, 0.3) is 0 Å². The Hall–Kier alpha value is -1.45. The molecule has 4 nitrogen and oxygen atoms in total. The van der Waals surface area contributed by atoms with Crippen LogP contribution in [0.1, 0.15) is 12.5 Å². The molecule has 0 atom stereocenters. The number of aliphatic carboxylic acids is 1. The fourth-order valence-corrected chi connectivity index (χ4v) is 0.973. The smallest absolute Gasteiger partial charge is 0.308 e. The van der Waals surface area contributed by atoms with Crippen molar-refractivity contribution in [1.82, 2.24) is 4.98 Å². The maximum absolute atomic E-state index is 10.4. The lowest BCUT2D eigenvalue weighted by Gasteiger charge is -2.01. The van der Waals surface area contributed by atoms with Gasteiger partial charge in [0.2, 0.25) is 0 Å². The SMILES string of the molecule is CCOc1c[nH]cc1CC(=O)O. The molecule has 0 aliphatic heterocycles. The van der Waals surface area contributed by atoms with Crippen molar-refractivity contribution >= 4 is 5.97 Å². The van der Waals surface area contributed by atoms with Gasteiger partial charge in [-0.3, -0.25) is 4.79 Å². The monoisotopic (exact) mass is 169 g/mol. The first-order valence-electron chi connectivity index (χ1n) is 3.74. The van der Waals surface area contributed by atoms with Crippen molar-refractivity contribution in [2.45, 2.75) is 13.3 Å². The van der Waals surface area contributed by atoms with Crippen molar-refractivity contribution in [3.05, 3.63) is 18.0 Å².